The normalized spacial score (nSPS) is 26.5. The molecule has 2 nitrogen and oxygen atoms in total. The minimum atomic E-state index is 0.952. The molecule has 3 heteroatoms. The third kappa shape index (κ3) is 3.49. The fourth-order valence-corrected chi connectivity index (χ4v) is 2.87. The van der Waals surface area contributed by atoms with E-state index in [1.165, 1.54) is 32.1 Å². The molecule has 1 fully saturated rings. The SMILES string of the molecule is CC1CCC(CCNc2nccs2)CC1. The summed E-state index contributed by atoms with van der Waals surface area (Å²) in [6, 6.07) is 0. The van der Waals surface area contributed by atoms with E-state index in [-0.39, 0.29) is 0 Å². The van der Waals surface area contributed by atoms with E-state index in [4.69, 9.17) is 0 Å². The molecule has 0 unspecified atom stereocenters. The predicted molar refractivity (Wildman–Crippen MR) is 66.3 cm³/mol. The Hall–Kier alpha value is -0.570. The number of hydrogen-bond donors (Lipinski definition) is 1. The third-order valence-corrected chi connectivity index (χ3v) is 4.13. The minimum Gasteiger partial charge on any atom is -0.362 e. The van der Waals surface area contributed by atoms with Crippen LogP contribution >= 0.6 is 11.3 Å². The average Bonchev–Trinajstić information content (AvgIpc) is 2.74. The molecule has 0 spiro atoms. The van der Waals surface area contributed by atoms with Gasteiger partial charge in [0.2, 0.25) is 0 Å². The first-order chi connectivity index (χ1) is 7.34. The zero-order valence-corrected chi connectivity index (χ0v) is 10.2. The predicted octanol–water partition coefficient (Wildman–Crippen LogP) is 3.77. The Balaban J connectivity index is 1.62. The zero-order valence-electron chi connectivity index (χ0n) is 9.41. The van der Waals surface area contributed by atoms with Crippen molar-refractivity contribution in [2.75, 3.05) is 11.9 Å². The van der Waals surface area contributed by atoms with Crippen LogP contribution in [0.1, 0.15) is 39.0 Å². The number of aromatic nitrogens is 1. The van der Waals surface area contributed by atoms with E-state index in [0.717, 1.165) is 23.5 Å². The first-order valence-electron chi connectivity index (χ1n) is 5.98. The molecule has 1 aliphatic rings. The number of thiazole rings is 1. The van der Waals surface area contributed by atoms with Crippen LogP contribution in [0.25, 0.3) is 0 Å². The Morgan fingerprint density at radius 1 is 1.40 bits per heavy atom. The summed E-state index contributed by atoms with van der Waals surface area (Å²) in [6.07, 6.45) is 8.90. The number of nitrogens with zero attached hydrogens (tertiary/aromatic N) is 1. The Labute approximate surface area is 96.1 Å². The summed E-state index contributed by atoms with van der Waals surface area (Å²) in [5.74, 6) is 1.92. The van der Waals surface area contributed by atoms with Crippen molar-refractivity contribution in [3.63, 3.8) is 0 Å². The summed E-state index contributed by atoms with van der Waals surface area (Å²) in [5, 5.41) is 6.48. The molecule has 0 aliphatic heterocycles. The van der Waals surface area contributed by atoms with Crippen LogP contribution in [-0.4, -0.2) is 11.5 Å². The molecular weight excluding hydrogens is 204 g/mol. The lowest BCUT2D eigenvalue weighted by atomic mass is 9.81. The topological polar surface area (TPSA) is 24.9 Å². The first-order valence-corrected chi connectivity index (χ1v) is 6.86. The molecule has 0 aromatic carbocycles. The zero-order chi connectivity index (χ0) is 10.5. The Morgan fingerprint density at radius 2 is 2.20 bits per heavy atom. The molecule has 0 radical (unpaired) electrons. The molecule has 1 heterocycles. The smallest absolute Gasteiger partial charge is 0.182 e. The summed E-state index contributed by atoms with van der Waals surface area (Å²) in [4.78, 5) is 4.22. The Morgan fingerprint density at radius 3 is 2.87 bits per heavy atom. The van der Waals surface area contributed by atoms with Gasteiger partial charge in [-0.2, -0.15) is 0 Å². The van der Waals surface area contributed by atoms with E-state index in [2.05, 4.69) is 17.2 Å². The van der Waals surface area contributed by atoms with Crippen LogP contribution in [0.4, 0.5) is 5.13 Å². The molecule has 1 aliphatic carbocycles. The van der Waals surface area contributed by atoms with Crippen LogP contribution < -0.4 is 5.32 Å². The van der Waals surface area contributed by atoms with Crippen molar-refractivity contribution in [2.45, 2.75) is 39.0 Å². The van der Waals surface area contributed by atoms with Gasteiger partial charge in [0.1, 0.15) is 0 Å². The van der Waals surface area contributed by atoms with Crippen LogP contribution in [0.5, 0.6) is 0 Å². The summed E-state index contributed by atoms with van der Waals surface area (Å²) in [6.45, 7) is 3.47. The molecule has 0 atom stereocenters. The van der Waals surface area contributed by atoms with E-state index in [9.17, 15) is 0 Å². The lowest BCUT2D eigenvalue weighted by Gasteiger charge is -2.25. The lowest BCUT2D eigenvalue weighted by molar-refractivity contribution is 0.282. The molecule has 1 saturated carbocycles. The van der Waals surface area contributed by atoms with Crippen LogP contribution in [0.2, 0.25) is 0 Å². The monoisotopic (exact) mass is 224 g/mol. The van der Waals surface area contributed by atoms with Crippen molar-refractivity contribution in [2.24, 2.45) is 11.8 Å². The van der Waals surface area contributed by atoms with Crippen molar-refractivity contribution in [1.82, 2.24) is 4.98 Å². The largest absolute Gasteiger partial charge is 0.362 e. The molecule has 15 heavy (non-hydrogen) atoms. The molecule has 2 rings (SSSR count). The number of anilines is 1. The van der Waals surface area contributed by atoms with Gasteiger partial charge >= 0.3 is 0 Å². The van der Waals surface area contributed by atoms with Gasteiger partial charge in [-0.3, -0.25) is 0 Å². The number of nitrogens with one attached hydrogen (secondary N) is 1. The van der Waals surface area contributed by atoms with Crippen molar-refractivity contribution in [1.29, 1.82) is 0 Å². The Kier molecular flexibility index (Phi) is 4.01. The molecular formula is C12H20N2S. The maximum absolute atomic E-state index is 4.22. The Bertz CT molecular complexity index is 263. The highest BCUT2D eigenvalue weighted by Gasteiger charge is 2.17. The van der Waals surface area contributed by atoms with Crippen LogP contribution in [0.3, 0.4) is 0 Å². The lowest BCUT2D eigenvalue weighted by Crippen LogP contribution is -2.15. The second-order valence-corrected chi connectivity index (χ2v) is 5.57. The maximum atomic E-state index is 4.22. The van der Waals surface area contributed by atoms with Gasteiger partial charge in [0.15, 0.2) is 5.13 Å². The van der Waals surface area contributed by atoms with E-state index in [0.29, 0.717) is 0 Å². The van der Waals surface area contributed by atoms with E-state index < -0.39 is 0 Å². The second-order valence-electron chi connectivity index (χ2n) is 4.68. The third-order valence-electron chi connectivity index (χ3n) is 3.40. The second kappa shape index (κ2) is 5.50. The summed E-state index contributed by atoms with van der Waals surface area (Å²) in [7, 11) is 0. The molecule has 0 bridgehead atoms. The van der Waals surface area contributed by atoms with Gasteiger partial charge in [0.25, 0.3) is 0 Å². The molecule has 0 amide bonds. The molecule has 1 aromatic heterocycles. The van der Waals surface area contributed by atoms with Gasteiger partial charge in [0, 0.05) is 18.1 Å². The van der Waals surface area contributed by atoms with E-state index in [1.54, 1.807) is 11.3 Å². The van der Waals surface area contributed by atoms with Crippen LogP contribution in [-0.2, 0) is 0 Å². The highest BCUT2D eigenvalue weighted by molar-refractivity contribution is 7.13. The van der Waals surface area contributed by atoms with Gasteiger partial charge in [-0.25, -0.2) is 4.98 Å². The molecule has 1 N–H and O–H groups in total. The highest BCUT2D eigenvalue weighted by atomic mass is 32.1. The number of hydrogen-bond acceptors (Lipinski definition) is 3. The van der Waals surface area contributed by atoms with E-state index >= 15 is 0 Å². The van der Waals surface area contributed by atoms with Crippen molar-refractivity contribution in [3.05, 3.63) is 11.6 Å². The first kappa shape index (κ1) is 10.9. The van der Waals surface area contributed by atoms with E-state index in [1.807, 2.05) is 11.6 Å². The average molecular weight is 224 g/mol. The summed E-state index contributed by atoms with van der Waals surface area (Å²) in [5.41, 5.74) is 0. The highest BCUT2D eigenvalue weighted by Crippen LogP contribution is 2.30. The fraction of sp³-hybridized carbons (Fsp3) is 0.750. The van der Waals surface area contributed by atoms with Gasteiger partial charge in [-0.05, 0) is 18.3 Å². The maximum Gasteiger partial charge on any atom is 0.182 e. The van der Waals surface area contributed by atoms with Gasteiger partial charge in [-0.1, -0.05) is 32.6 Å². The van der Waals surface area contributed by atoms with Crippen LogP contribution in [0.15, 0.2) is 11.6 Å². The quantitative estimate of drug-likeness (QED) is 0.842. The van der Waals surface area contributed by atoms with Crippen molar-refractivity contribution < 1.29 is 0 Å². The van der Waals surface area contributed by atoms with Gasteiger partial charge < -0.3 is 5.32 Å². The summed E-state index contributed by atoms with van der Waals surface area (Å²) >= 11 is 1.69. The van der Waals surface area contributed by atoms with Crippen molar-refractivity contribution >= 4 is 16.5 Å². The molecule has 84 valence electrons. The minimum absolute atomic E-state index is 0.952. The summed E-state index contributed by atoms with van der Waals surface area (Å²) < 4.78 is 0. The van der Waals surface area contributed by atoms with Crippen molar-refractivity contribution in [3.8, 4) is 0 Å². The molecule has 0 saturated heterocycles. The van der Waals surface area contributed by atoms with Gasteiger partial charge in [-0.15, -0.1) is 11.3 Å². The molecule has 1 aromatic rings. The standard InChI is InChI=1S/C12H20N2S/c1-10-2-4-11(5-3-10)6-7-13-12-14-8-9-15-12/h8-11H,2-7H2,1H3,(H,13,14). The van der Waals surface area contributed by atoms with Crippen LogP contribution in [0, 0.1) is 11.8 Å². The fourth-order valence-electron chi connectivity index (χ4n) is 2.31. The number of rotatable bonds is 4. The van der Waals surface area contributed by atoms with Gasteiger partial charge in [0.05, 0.1) is 0 Å².